The van der Waals surface area contributed by atoms with Crippen LogP contribution in [0.4, 0.5) is 18.9 Å². The van der Waals surface area contributed by atoms with E-state index in [4.69, 9.17) is 5.11 Å². The predicted molar refractivity (Wildman–Crippen MR) is 65.5 cm³/mol. The van der Waals surface area contributed by atoms with E-state index in [1.165, 1.54) is 0 Å². The fourth-order valence-electron chi connectivity index (χ4n) is 1.52. The number of carboxylic acids is 1. The molecule has 2 aromatic rings. The first-order valence-corrected chi connectivity index (χ1v) is 5.53. The molecule has 0 radical (unpaired) electrons. The molecule has 108 valence electrons. The molecule has 0 spiro atoms. The van der Waals surface area contributed by atoms with E-state index in [9.17, 15) is 22.8 Å². The van der Waals surface area contributed by atoms with Crippen LogP contribution in [0, 0.1) is 17.5 Å². The number of nitrogens with zero attached hydrogens (tertiary/aromatic N) is 1. The van der Waals surface area contributed by atoms with Gasteiger partial charge in [0, 0.05) is 6.07 Å². The molecule has 5 nitrogen and oxygen atoms in total. The molecule has 0 aliphatic rings. The van der Waals surface area contributed by atoms with Crippen molar-refractivity contribution in [1.29, 1.82) is 0 Å². The number of carbonyl (C=O) groups is 2. The molecule has 0 aliphatic carbocycles. The Morgan fingerprint density at radius 2 is 1.76 bits per heavy atom. The monoisotopic (exact) mass is 296 g/mol. The van der Waals surface area contributed by atoms with E-state index >= 15 is 0 Å². The van der Waals surface area contributed by atoms with Crippen LogP contribution in [0.5, 0.6) is 0 Å². The van der Waals surface area contributed by atoms with Crippen LogP contribution in [0.3, 0.4) is 0 Å². The standard InChI is InChI=1S/C13H7F3N2O3/c14-6-1-2-10(17-5-6)12(19)18-11-4-9(16)8(15)3-7(11)13(20)21/h1-5H,(H,18,19)(H,20,21). The number of hydrogen-bond donors (Lipinski definition) is 2. The van der Waals surface area contributed by atoms with Gasteiger partial charge in [0.1, 0.15) is 11.5 Å². The summed E-state index contributed by atoms with van der Waals surface area (Å²) >= 11 is 0. The van der Waals surface area contributed by atoms with Crippen molar-refractivity contribution in [2.75, 3.05) is 5.32 Å². The highest BCUT2D eigenvalue weighted by Crippen LogP contribution is 2.20. The van der Waals surface area contributed by atoms with E-state index in [1.807, 2.05) is 0 Å². The first-order valence-electron chi connectivity index (χ1n) is 5.53. The summed E-state index contributed by atoms with van der Waals surface area (Å²) in [5.74, 6) is -5.77. The molecule has 0 saturated heterocycles. The molecule has 2 N–H and O–H groups in total. The fraction of sp³-hybridized carbons (Fsp3) is 0. The number of benzene rings is 1. The lowest BCUT2D eigenvalue weighted by Gasteiger charge is -2.08. The predicted octanol–water partition coefficient (Wildman–Crippen LogP) is 2.45. The number of carboxylic acid groups (broad SMARTS) is 1. The molecular formula is C13H7F3N2O3. The molecule has 0 bridgehead atoms. The molecule has 1 aromatic carbocycles. The lowest BCUT2D eigenvalue weighted by Crippen LogP contribution is -2.16. The number of halogens is 3. The summed E-state index contributed by atoms with van der Waals surface area (Å²) in [6.07, 6.45) is 0.790. The fourth-order valence-corrected chi connectivity index (χ4v) is 1.52. The Bertz CT molecular complexity index is 717. The largest absolute Gasteiger partial charge is 0.478 e. The Morgan fingerprint density at radius 3 is 2.33 bits per heavy atom. The Morgan fingerprint density at radius 1 is 1.10 bits per heavy atom. The van der Waals surface area contributed by atoms with Crippen LogP contribution in [0.1, 0.15) is 20.8 Å². The van der Waals surface area contributed by atoms with Gasteiger partial charge in [-0.05, 0) is 18.2 Å². The van der Waals surface area contributed by atoms with E-state index in [0.717, 1.165) is 18.3 Å². The van der Waals surface area contributed by atoms with Crippen LogP contribution < -0.4 is 5.32 Å². The Labute approximate surface area is 116 Å². The van der Waals surface area contributed by atoms with Crippen LogP contribution >= 0.6 is 0 Å². The van der Waals surface area contributed by atoms with E-state index in [1.54, 1.807) is 0 Å². The van der Waals surface area contributed by atoms with Crippen molar-refractivity contribution in [1.82, 2.24) is 4.98 Å². The molecule has 0 unspecified atom stereocenters. The maximum atomic E-state index is 13.1. The summed E-state index contributed by atoms with van der Waals surface area (Å²) in [5, 5.41) is 11.0. The smallest absolute Gasteiger partial charge is 0.337 e. The van der Waals surface area contributed by atoms with E-state index in [0.29, 0.717) is 12.1 Å². The minimum Gasteiger partial charge on any atom is -0.478 e. The van der Waals surface area contributed by atoms with Crippen LogP contribution in [-0.4, -0.2) is 22.0 Å². The topological polar surface area (TPSA) is 79.3 Å². The van der Waals surface area contributed by atoms with Gasteiger partial charge in [0.2, 0.25) is 0 Å². The number of aromatic carboxylic acids is 1. The quantitative estimate of drug-likeness (QED) is 0.911. The number of hydrogen-bond acceptors (Lipinski definition) is 3. The summed E-state index contributed by atoms with van der Waals surface area (Å²) < 4.78 is 38.8. The summed E-state index contributed by atoms with van der Waals surface area (Å²) in [5.41, 5.74) is -1.26. The van der Waals surface area contributed by atoms with Crippen LogP contribution in [0.25, 0.3) is 0 Å². The van der Waals surface area contributed by atoms with Gasteiger partial charge < -0.3 is 10.4 Å². The third-order valence-corrected chi connectivity index (χ3v) is 2.50. The van der Waals surface area contributed by atoms with Gasteiger partial charge in [-0.1, -0.05) is 0 Å². The van der Waals surface area contributed by atoms with Crippen molar-refractivity contribution in [2.24, 2.45) is 0 Å². The third kappa shape index (κ3) is 3.16. The minimum atomic E-state index is -1.55. The lowest BCUT2D eigenvalue weighted by molar-refractivity contribution is 0.0697. The Kier molecular flexibility index (Phi) is 3.88. The molecular weight excluding hydrogens is 289 g/mol. The first-order chi connectivity index (χ1) is 9.88. The highest BCUT2D eigenvalue weighted by atomic mass is 19.2. The summed E-state index contributed by atoms with van der Waals surface area (Å²) in [4.78, 5) is 26.2. The summed E-state index contributed by atoms with van der Waals surface area (Å²) in [6, 6.07) is 3.03. The second kappa shape index (κ2) is 5.61. The number of carbonyl (C=O) groups excluding carboxylic acids is 1. The molecule has 1 aromatic heterocycles. The average molecular weight is 296 g/mol. The Hall–Kier alpha value is -2.90. The van der Waals surface area contributed by atoms with E-state index in [2.05, 4.69) is 10.3 Å². The lowest BCUT2D eigenvalue weighted by atomic mass is 10.1. The van der Waals surface area contributed by atoms with Crippen molar-refractivity contribution in [3.63, 3.8) is 0 Å². The number of nitrogens with one attached hydrogen (secondary N) is 1. The van der Waals surface area contributed by atoms with E-state index < -0.39 is 40.6 Å². The molecule has 0 aliphatic heterocycles. The molecule has 2 rings (SSSR count). The van der Waals surface area contributed by atoms with Crippen molar-refractivity contribution in [2.45, 2.75) is 0 Å². The molecule has 1 amide bonds. The van der Waals surface area contributed by atoms with Crippen LogP contribution in [0.2, 0.25) is 0 Å². The molecule has 0 atom stereocenters. The number of amides is 1. The van der Waals surface area contributed by atoms with Gasteiger partial charge >= 0.3 is 5.97 Å². The number of pyridine rings is 1. The molecule has 1 heterocycles. The highest BCUT2D eigenvalue weighted by molar-refractivity contribution is 6.06. The Balaban J connectivity index is 2.34. The highest BCUT2D eigenvalue weighted by Gasteiger charge is 2.18. The zero-order chi connectivity index (χ0) is 15.6. The summed E-state index contributed by atoms with van der Waals surface area (Å²) in [6.45, 7) is 0. The maximum absolute atomic E-state index is 13.1. The van der Waals surface area contributed by atoms with Gasteiger partial charge in [-0.2, -0.15) is 0 Å². The van der Waals surface area contributed by atoms with Crippen molar-refractivity contribution < 1.29 is 27.9 Å². The third-order valence-electron chi connectivity index (χ3n) is 2.50. The normalized spacial score (nSPS) is 10.2. The molecule has 8 heteroatoms. The van der Waals surface area contributed by atoms with Crippen molar-refractivity contribution in [3.8, 4) is 0 Å². The van der Waals surface area contributed by atoms with Crippen molar-refractivity contribution in [3.05, 3.63) is 59.2 Å². The molecule has 0 saturated carbocycles. The maximum Gasteiger partial charge on any atom is 0.337 e. The second-order valence-corrected chi connectivity index (χ2v) is 3.93. The molecule has 0 fully saturated rings. The molecule has 21 heavy (non-hydrogen) atoms. The zero-order valence-electron chi connectivity index (χ0n) is 10.2. The van der Waals surface area contributed by atoms with E-state index in [-0.39, 0.29) is 5.69 Å². The van der Waals surface area contributed by atoms with Gasteiger partial charge in [0.15, 0.2) is 11.6 Å². The number of aromatic nitrogens is 1. The van der Waals surface area contributed by atoms with Crippen molar-refractivity contribution >= 4 is 17.6 Å². The van der Waals surface area contributed by atoms with Crippen LogP contribution in [-0.2, 0) is 0 Å². The number of anilines is 1. The van der Waals surface area contributed by atoms with Gasteiger partial charge in [-0.25, -0.2) is 22.9 Å². The van der Waals surface area contributed by atoms with Gasteiger partial charge in [-0.3, -0.25) is 4.79 Å². The zero-order valence-corrected chi connectivity index (χ0v) is 10.2. The average Bonchev–Trinajstić information content (AvgIpc) is 2.43. The second-order valence-electron chi connectivity index (χ2n) is 3.93. The van der Waals surface area contributed by atoms with Gasteiger partial charge in [0.25, 0.3) is 5.91 Å². The minimum absolute atomic E-state index is 0.211. The van der Waals surface area contributed by atoms with Crippen LogP contribution in [0.15, 0.2) is 30.5 Å². The van der Waals surface area contributed by atoms with Gasteiger partial charge in [0.05, 0.1) is 17.4 Å². The SMILES string of the molecule is O=C(Nc1cc(F)c(F)cc1C(=O)O)c1ccc(F)cn1. The summed E-state index contributed by atoms with van der Waals surface area (Å²) in [7, 11) is 0. The number of rotatable bonds is 3. The first kappa shape index (κ1) is 14.5. The van der Waals surface area contributed by atoms with Gasteiger partial charge in [-0.15, -0.1) is 0 Å².